The van der Waals surface area contributed by atoms with E-state index in [0.29, 0.717) is 13.0 Å². The molecule has 1 atom stereocenters. The van der Waals surface area contributed by atoms with Crippen LogP contribution in [0.1, 0.15) is 12.0 Å². The molecule has 1 aromatic rings. The number of hydrogen-bond acceptors (Lipinski definition) is 4. The quantitative estimate of drug-likeness (QED) is 0.772. The van der Waals surface area contributed by atoms with Gasteiger partial charge in [0.25, 0.3) is 0 Å². The second-order valence-corrected chi connectivity index (χ2v) is 5.37. The van der Waals surface area contributed by atoms with Gasteiger partial charge in [0.2, 0.25) is 0 Å². The summed E-state index contributed by atoms with van der Waals surface area (Å²) in [7, 11) is 1.45. The molecule has 0 saturated carbocycles. The van der Waals surface area contributed by atoms with Gasteiger partial charge in [-0.15, -0.1) is 0 Å². The maximum Gasteiger partial charge on any atom is 0.341 e. The molecule has 2 rings (SSSR count). The summed E-state index contributed by atoms with van der Waals surface area (Å²) >= 11 is 0. The molecule has 1 aliphatic rings. The number of ether oxygens (including phenoxy) is 1. The monoisotopic (exact) mass is 308 g/mol. The zero-order valence-corrected chi connectivity index (χ0v) is 12.4. The predicted molar refractivity (Wildman–Crippen MR) is 77.9 cm³/mol. The van der Waals surface area contributed by atoms with Gasteiger partial charge in [0.05, 0.1) is 13.2 Å². The smallest absolute Gasteiger partial charge is 0.341 e. The number of carboxylic acids is 1. The summed E-state index contributed by atoms with van der Waals surface area (Å²) in [5.41, 5.74) is 2.24. The number of carbonyl (C=O) groups excluding carboxylic acids is 1. The Bertz CT molecular complexity index is 522. The van der Waals surface area contributed by atoms with E-state index in [9.17, 15) is 14.7 Å². The standard InChI is InChI=1S/C15H20N2O5/c1-21-11-15(13(18)19)7-8-17(10-15)14(20)16-22-9-12-5-3-2-4-6-12/h2-6H,7-11H2,1H3,(H,16,20)(H,18,19). The van der Waals surface area contributed by atoms with Crippen molar-refractivity contribution in [3.8, 4) is 0 Å². The molecule has 1 fully saturated rings. The van der Waals surface area contributed by atoms with Crippen molar-refractivity contribution in [3.63, 3.8) is 0 Å². The molecule has 2 N–H and O–H groups in total. The van der Waals surface area contributed by atoms with Crippen molar-refractivity contribution in [2.45, 2.75) is 13.0 Å². The second kappa shape index (κ2) is 7.24. The SMILES string of the molecule is COCC1(C(=O)O)CCN(C(=O)NOCc2ccccc2)C1. The minimum Gasteiger partial charge on any atom is -0.481 e. The first kappa shape index (κ1) is 16.3. The number of amides is 2. The van der Waals surface area contributed by atoms with Crippen LogP contribution in [-0.4, -0.2) is 48.8 Å². The summed E-state index contributed by atoms with van der Waals surface area (Å²) in [6.45, 7) is 0.798. The summed E-state index contributed by atoms with van der Waals surface area (Å²) in [6.07, 6.45) is 0.363. The van der Waals surface area contributed by atoms with Crippen LogP contribution < -0.4 is 5.48 Å². The molecule has 0 spiro atoms. The first-order valence-electron chi connectivity index (χ1n) is 7.00. The Kier molecular flexibility index (Phi) is 5.35. The molecule has 22 heavy (non-hydrogen) atoms. The highest BCUT2D eigenvalue weighted by Gasteiger charge is 2.46. The number of benzene rings is 1. The molecule has 7 nitrogen and oxygen atoms in total. The summed E-state index contributed by atoms with van der Waals surface area (Å²) in [5, 5.41) is 9.35. The lowest BCUT2D eigenvalue weighted by Gasteiger charge is -2.23. The van der Waals surface area contributed by atoms with Gasteiger partial charge in [0.15, 0.2) is 0 Å². The summed E-state index contributed by atoms with van der Waals surface area (Å²) in [5.74, 6) is -0.949. The number of carbonyl (C=O) groups is 2. The molecule has 0 radical (unpaired) electrons. The average molecular weight is 308 g/mol. The van der Waals surface area contributed by atoms with Gasteiger partial charge in [-0.2, -0.15) is 0 Å². The van der Waals surface area contributed by atoms with Crippen LogP contribution in [-0.2, 0) is 21.0 Å². The van der Waals surface area contributed by atoms with Gasteiger partial charge in [-0.3, -0.25) is 9.63 Å². The van der Waals surface area contributed by atoms with Gasteiger partial charge in [0.1, 0.15) is 5.41 Å². The molecule has 2 amide bonds. The Morgan fingerprint density at radius 1 is 1.36 bits per heavy atom. The van der Waals surface area contributed by atoms with Gasteiger partial charge < -0.3 is 14.7 Å². The number of carboxylic acid groups (broad SMARTS) is 1. The molecular weight excluding hydrogens is 288 g/mol. The van der Waals surface area contributed by atoms with Crippen LogP contribution in [0, 0.1) is 5.41 Å². The number of aliphatic carboxylic acids is 1. The minimum absolute atomic E-state index is 0.0803. The maximum atomic E-state index is 12.0. The number of likely N-dealkylation sites (tertiary alicyclic amines) is 1. The molecule has 1 aromatic carbocycles. The molecule has 7 heteroatoms. The van der Waals surface area contributed by atoms with Crippen molar-refractivity contribution in [2.75, 3.05) is 26.8 Å². The fraction of sp³-hybridized carbons (Fsp3) is 0.467. The number of methoxy groups -OCH3 is 1. The third-order valence-corrected chi connectivity index (χ3v) is 3.76. The van der Waals surface area contributed by atoms with E-state index in [-0.39, 0.29) is 19.8 Å². The minimum atomic E-state index is -1.04. The lowest BCUT2D eigenvalue weighted by Crippen LogP contribution is -2.43. The highest BCUT2D eigenvalue weighted by atomic mass is 16.7. The molecular formula is C15H20N2O5. The number of urea groups is 1. The second-order valence-electron chi connectivity index (χ2n) is 5.37. The van der Waals surface area contributed by atoms with Crippen LogP contribution in [0.3, 0.4) is 0 Å². The molecule has 0 aromatic heterocycles. The van der Waals surface area contributed by atoms with Crippen LogP contribution in [0.4, 0.5) is 4.79 Å². The van der Waals surface area contributed by atoms with E-state index in [4.69, 9.17) is 9.57 Å². The molecule has 120 valence electrons. The third kappa shape index (κ3) is 3.75. The molecule has 0 aliphatic carbocycles. The van der Waals surface area contributed by atoms with Gasteiger partial charge in [-0.05, 0) is 12.0 Å². The zero-order valence-electron chi connectivity index (χ0n) is 12.4. The predicted octanol–water partition coefficient (Wildman–Crippen LogP) is 1.25. The van der Waals surface area contributed by atoms with Gasteiger partial charge >= 0.3 is 12.0 Å². The van der Waals surface area contributed by atoms with Crippen LogP contribution in [0.2, 0.25) is 0 Å². The van der Waals surface area contributed by atoms with E-state index >= 15 is 0 Å². The van der Waals surface area contributed by atoms with Crippen molar-refractivity contribution in [1.29, 1.82) is 0 Å². The normalized spacial score (nSPS) is 20.9. The van der Waals surface area contributed by atoms with E-state index < -0.39 is 17.4 Å². The van der Waals surface area contributed by atoms with Crippen molar-refractivity contribution in [1.82, 2.24) is 10.4 Å². The van der Waals surface area contributed by atoms with Crippen LogP contribution in [0.5, 0.6) is 0 Å². The average Bonchev–Trinajstić information content (AvgIpc) is 2.94. The van der Waals surface area contributed by atoms with E-state index in [2.05, 4.69) is 5.48 Å². The number of nitrogens with zero attached hydrogens (tertiary/aromatic N) is 1. The number of nitrogens with one attached hydrogen (secondary N) is 1. The Balaban J connectivity index is 1.82. The Labute approximate surface area is 128 Å². The molecule has 0 bridgehead atoms. The van der Waals surface area contributed by atoms with E-state index in [1.807, 2.05) is 30.3 Å². The number of hydroxylamine groups is 1. The van der Waals surface area contributed by atoms with Gasteiger partial charge in [-0.1, -0.05) is 30.3 Å². The summed E-state index contributed by atoms with van der Waals surface area (Å²) < 4.78 is 4.99. The molecule has 1 aliphatic heterocycles. The van der Waals surface area contributed by atoms with Crippen molar-refractivity contribution in [2.24, 2.45) is 5.41 Å². The van der Waals surface area contributed by atoms with Crippen LogP contribution in [0.25, 0.3) is 0 Å². The van der Waals surface area contributed by atoms with Crippen molar-refractivity contribution < 1.29 is 24.3 Å². The van der Waals surface area contributed by atoms with E-state index in [0.717, 1.165) is 5.56 Å². The highest BCUT2D eigenvalue weighted by Crippen LogP contribution is 2.31. The topological polar surface area (TPSA) is 88.1 Å². The first-order valence-corrected chi connectivity index (χ1v) is 7.00. The Morgan fingerprint density at radius 2 is 2.09 bits per heavy atom. The van der Waals surface area contributed by atoms with Crippen LogP contribution in [0.15, 0.2) is 30.3 Å². The molecule has 1 unspecified atom stereocenters. The number of rotatable bonds is 6. The Hall–Kier alpha value is -2.12. The fourth-order valence-electron chi connectivity index (χ4n) is 2.50. The maximum absolute atomic E-state index is 12.0. The van der Waals surface area contributed by atoms with Crippen LogP contribution >= 0.6 is 0 Å². The fourth-order valence-corrected chi connectivity index (χ4v) is 2.50. The molecule has 1 saturated heterocycles. The largest absolute Gasteiger partial charge is 0.481 e. The lowest BCUT2D eigenvalue weighted by molar-refractivity contribution is -0.151. The Morgan fingerprint density at radius 3 is 2.73 bits per heavy atom. The summed E-state index contributed by atoms with van der Waals surface area (Å²) in [4.78, 5) is 30.0. The third-order valence-electron chi connectivity index (χ3n) is 3.76. The van der Waals surface area contributed by atoms with E-state index in [1.54, 1.807) is 0 Å². The zero-order chi connectivity index (χ0) is 16.0. The lowest BCUT2D eigenvalue weighted by atomic mass is 9.88. The number of hydrogen-bond donors (Lipinski definition) is 2. The van der Waals surface area contributed by atoms with E-state index in [1.165, 1.54) is 12.0 Å². The first-order chi connectivity index (χ1) is 10.6. The van der Waals surface area contributed by atoms with Crippen molar-refractivity contribution in [3.05, 3.63) is 35.9 Å². The highest BCUT2D eigenvalue weighted by molar-refractivity contribution is 5.79. The molecule has 1 heterocycles. The summed E-state index contributed by atoms with van der Waals surface area (Å²) in [6, 6.07) is 9.00. The van der Waals surface area contributed by atoms with Gasteiger partial charge in [-0.25, -0.2) is 10.3 Å². The van der Waals surface area contributed by atoms with Crippen molar-refractivity contribution >= 4 is 12.0 Å². The van der Waals surface area contributed by atoms with Gasteiger partial charge in [0, 0.05) is 20.2 Å².